The minimum atomic E-state index is -4.15. The zero-order valence-corrected chi connectivity index (χ0v) is 11.7. The second-order valence-corrected chi connectivity index (χ2v) is 7.02. The van der Waals surface area contributed by atoms with Crippen molar-refractivity contribution in [3.63, 3.8) is 0 Å². The third-order valence-electron chi connectivity index (χ3n) is 2.06. The van der Waals surface area contributed by atoms with Crippen LogP contribution in [0, 0.1) is 10.1 Å². The fourth-order valence-electron chi connectivity index (χ4n) is 1.35. The number of hydrogen-bond acceptors (Lipinski definition) is 7. The lowest BCUT2D eigenvalue weighted by Crippen LogP contribution is -2.14. The van der Waals surface area contributed by atoms with Gasteiger partial charge in [0.1, 0.15) is 0 Å². The monoisotopic (exact) mass is 317 g/mol. The van der Waals surface area contributed by atoms with Crippen LogP contribution in [0.2, 0.25) is 0 Å². The van der Waals surface area contributed by atoms with Crippen molar-refractivity contribution in [3.8, 4) is 0 Å². The molecule has 0 aliphatic carbocycles. The molecule has 0 saturated carbocycles. The van der Waals surface area contributed by atoms with Crippen LogP contribution in [-0.4, -0.2) is 18.3 Å². The van der Waals surface area contributed by atoms with E-state index in [1.165, 1.54) is 23.5 Å². The van der Waals surface area contributed by atoms with Gasteiger partial charge in [-0.15, -0.1) is 11.3 Å². The predicted octanol–water partition coefficient (Wildman–Crippen LogP) is 1.85. The fourth-order valence-corrected chi connectivity index (χ4v) is 3.85. The van der Waals surface area contributed by atoms with Gasteiger partial charge in [0.05, 0.1) is 9.82 Å². The first kappa shape index (κ1) is 13.9. The van der Waals surface area contributed by atoms with Crippen molar-refractivity contribution in [2.75, 3.05) is 0 Å². The molecule has 7 nitrogen and oxygen atoms in total. The number of hydrogen-bond donors (Lipinski definition) is 1. The van der Waals surface area contributed by atoms with E-state index < -0.39 is 25.5 Å². The Morgan fingerprint density at radius 1 is 1.42 bits per heavy atom. The fraction of sp³-hybridized carbons (Fsp3) is 0. The molecule has 10 heteroatoms. The van der Waals surface area contributed by atoms with E-state index in [1.807, 2.05) is 0 Å². The molecular weight excluding hydrogens is 310 g/mol. The highest BCUT2D eigenvalue weighted by molar-refractivity contribution is 8.01. The van der Waals surface area contributed by atoms with Crippen molar-refractivity contribution in [3.05, 3.63) is 39.9 Å². The van der Waals surface area contributed by atoms with E-state index >= 15 is 0 Å². The van der Waals surface area contributed by atoms with Crippen LogP contribution in [0.5, 0.6) is 0 Å². The molecular formula is C9H7N3O4S3. The van der Waals surface area contributed by atoms with Crippen molar-refractivity contribution in [2.24, 2.45) is 5.14 Å². The van der Waals surface area contributed by atoms with Gasteiger partial charge in [0, 0.05) is 11.6 Å². The first-order valence-electron chi connectivity index (χ1n) is 4.77. The third-order valence-corrected chi connectivity index (χ3v) is 4.93. The molecule has 2 aromatic rings. The second kappa shape index (κ2) is 5.25. The molecule has 0 unspecified atom stereocenters. The van der Waals surface area contributed by atoms with Crippen LogP contribution in [0.3, 0.4) is 0 Å². The summed E-state index contributed by atoms with van der Waals surface area (Å²) in [7, 11) is -4.15. The minimum absolute atomic E-state index is 0.187. The Bertz CT molecular complexity index is 712. The van der Waals surface area contributed by atoms with Crippen molar-refractivity contribution >= 4 is 38.8 Å². The summed E-state index contributed by atoms with van der Waals surface area (Å²) in [5.74, 6) is 0. The lowest BCUT2D eigenvalue weighted by molar-refractivity contribution is -0.390. The molecule has 2 rings (SSSR count). The molecule has 2 N–H and O–H groups in total. The van der Waals surface area contributed by atoms with E-state index in [9.17, 15) is 18.5 Å². The molecule has 1 heterocycles. The van der Waals surface area contributed by atoms with Crippen LogP contribution in [0.15, 0.2) is 43.9 Å². The summed E-state index contributed by atoms with van der Waals surface area (Å²) in [5.41, 5.74) is -0.523. The molecule has 0 radical (unpaired) electrons. The number of nitrogens with two attached hydrogens (primary N) is 1. The van der Waals surface area contributed by atoms with Crippen molar-refractivity contribution < 1.29 is 13.3 Å². The highest BCUT2D eigenvalue weighted by Crippen LogP contribution is 2.38. The van der Waals surface area contributed by atoms with Gasteiger partial charge in [0.15, 0.2) is 9.24 Å². The minimum Gasteiger partial charge on any atom is -0.258 e. The van der Waals surface area contributed by atoms with Crippen LogP contribution in [0.4, 0.5) is 5.69 Å². The van der Waals surface area contributed by atoms with E-state index in [-0.39, 0.29) is 4.90 Å². The number of sulfonamides is 1. The SMILES string of the molecule is NS(=O)(=O)c1cccc(Sc2nccs2)c1[N+](=O)[O-]. The summed E-state index contributed by atoms with van der Waals surface area (Å²) in [4.78, 5) is 14.0. The van der Waals surface area contributed by atoms with Gasteiger partial charge in [-0.2, -0.15) is 0 Å². The van der Waals surface area contributed by atoms with Gasteiger partial charge in [-0.1, -0.05) is 17.8 Å². The lowest BCUT2D eigenvalue weighted by Gasteiger charge is -2.04. The van der Waals surface area contributed by atoms with Crippen LogP contribution in [0.1, 0.15) is 0 Å². The molecule has 0 amide bonds. The number of aromatic nitrogens is 1. The van der Waals surface area contributed by atoms with E-state index in [0.717, 1.165) is 17.8 Å². The Hall–Kier alpha value is -1.49. The third kappa shape index (κ3) is 3.10. The maximum Gasteiger partial charge on any atom is 0.303 e. The number of para-hydroxylation sites is 1. The standard InChI is InChI=1S/C9H7N3O4S3/c10-19(15,16)7-3-1-2-6(8(7)12(13)14)18-9-11-4-5-17-9/h1-5H,(H2,10,15,16). The highest BCUT2D eigenvalue weighted by atomic mass is 32.2. The van der Waals surface area contributed by atoms with Gasteiger partial charge in [-0.3, -0.25) is 10.1 Å². The lowest BCUT2D eigenvalue weighted by atomic mass is 10.3. The van der Waals surface area contributed by atoms with Gasteiger partial charge in [0.25, 0.3) is 0 Å². The number of primary sulfonamides is 1. The van der Waals surface area contributed by atoms with Crippen molar-refractivity contribution in [1.82, 2.24) is 4.98 Å². The normalized spacial score (nSPS) is 11.4. The first-order chi connectivity index (χ1) is 8.89. The molecule has 1 aromatic heterocycles. The van der Waals surface area contributed by atoms with Crippen LogP contribution >= 0.6 is 23.1 Å². The number of rotatable bonds is 4. The molecule has 1 aromatic carbocycles. The summed E-state index contributed by atoms with van der Waals surface area (Å²) >= 11 is 2.33. The molecule has 0 saturated heterocycles. The Kier molecular flexibility index (Phi) is 3.85. The van der Waals surface area contributed by atoms with Gasteiger partial charge in [-0.05, 0) is 12.1 Å². The number of nitro benzene ring substituents is 1. The molecule has 0 spiro atoms. The van der Waals surface area contributed by atoms with E-state index in [4.69, 9.17) is 5.14 Å². The summed E-state index contributed by atoms with van der Waals surface area (Å²) in [6, 6.07) is 3.97. The summed E-state index contributed by atoms with van der Waals surface area (Å²) in [6.45, 7) is 0. The van der Waals surface area contributed by atoms with E-state index in [1.54, 1.807) is 11.6 Å². The topological polar surface area (TPSA) is 116 Å². The largest absolute Gasteiger partial charge is 0.303 e. The van der Waals surface area contributed by atoms with Crippen LogP contribution < -0.4 is 5.14 Å². The Morgan fingerprint density at radius 2 is 2.16 bits per heavy atom. The summed E-state index contributed by atoms with van der Waals surface area (Å²) in [5, 5.41) is 17.8. The van der Waals surface area contributed by atoms with Crippen LogP contribution in [-0.2, 0) is 10.0 Å². The summed E-state index contributed by atoms with van der Waals surface area (Å²) < 4.78 is 23.3. The number of nitro groups is 1. The highest BCUT2D eigenvalue weighted by Gasteiger charge is 2.27. The van der Waals surface area contributed by atoms with Crippen LogP contribution in [0.25, 0.3) is 0 Å². The van der Waals surface area contributed by atoms with Crippen molar-refractivity contribution in [1.29, 1.82) is 0 Å². The molecule has 0 atom stereocenters. The zero-order valence-electron chi connectivity index (χ0n) is 9.22. The van der Waals surface area contributed by atoms with Gasteiger partial charge >= 0.3 is 5.69 Å². The second-order valence-electron chi connectivity index (χ2n) is 3.31. The molecule has 0 fully saturated rings. The maximum absolute atomic E-state index is 11.4. The molecule has 100 valence electrons. The number of thiazole rings is 1. The average Bonchev–Trinajstić information content (AvgIpc) is 2.80. The molecule has 0 aliphatic rings. The Labute approximate surface area is 116 Å². The Balaban J connectivity index is 2.58. The van der Waals surface area contributed by atoms with Gasteiger partial charge < -0.3 is 0 Å². The molecule has 0 bridgehead atoms. The number of benzene rings is 1. The van der Waals surface area contributed by atoms with Crippen molar-refractivity contribution in [2.45, 2.75) is 14.1 Å². The quantitative estimate of drug-likeness (QED) is 0.679. The zero-order chi connectivity index (χ0) is 14.0. The number of nitrogens with zero attached hydrogens (tertiary/aromatic N) is 2. The molecule has 0 aliphatic heterocycles. The maximum atomic E-state index is 11.4. The van der Waals surface area contributed by atoms with E-state index in [0.29, 0.717) is 4.34 Å². The smallest absolute Gasteiger partial charge is 0.258 e. The Morgan fingerprint density at radius 3 is 2.68 bits per heavy atom. The molecule has 19 heavy (non-hydrogen) atoms. The first-order valence-corrected chi connectivity index (χ1v) is 8.01. The predicted molar refractivity (Wildman–Crippen MR) is 70.7 cm³/mol. The van der Waals surface area contributed by atoms with Gasteiger partial charge in [0.2, 0.25) is 10.0 Å². The van der Waals surface area contributed by atoms with Gasteiger partial charge in [-0.25, -0.2) is 18.5 Å². The van der Waals surface area contributed by atoms with E-state index in [2.05, 4.69) is 4.98 Å². The summed E-state index contributed by atoms with van der Waals surface area (Å²) in [6.07, 6.45) is 1.56. The average molecular weight is 317 g/mol.